The van der Waals surface area contributed by atoms with Gasteiger partial charge >= 0.3 is 0 Å². The van der Waals surface area contributed by atoms with Gasteiger partial charge in [0.1, 0.15) is 11.2 Å². The van der Waals surface area contributed by atoms with Crippen LogP contribution in [-0.2, 0) is 5.41 Å². The molecule has 0 bridgehead atoms. The molecule has 1 aromatic heterocycles. The van der Waals surface area contributed by atoms with Crippen molar-refractivity contribution >= 4 is 32.7 Å². The van der Waals surface area contributed by atoms with Gasteiger partial charge in [-0.1, -0.05) is 86.6 Å². The Bertz CT molecular complexity index is 1700. The smallest absolute Gasteiger partial charge is 0.135 e. The standard InChI is InChI=1S/C31H22O/c1-31(2)26-13-7-5-12-23(26)30-22-11-4-3-9-20(22)24(18-27(30)31)19-15-16-29-25(17-19)21-10-6-8-14-28(21)32-29/h3-18H,1-2H3. The molecule has 0 amide bonds. The Morgan fingerprint density at radius 2 is 1.22 bits per heavy atom. The third-order valence-electron chi connectivity index (χ3n) is 7.28. The third-order valence-corrected chi connectivity index (χ3v) is 7.28. The Morgan fingerprint density at radius 3 is 2.09 bits per heavy atom. The van der Waals surface area contributed by atoms with E-state index in [1.165, 1.54) is 54.9 Å². The van der Waals surface area contributed by atoms with Crippen molar-refractivity contribution in [1.82, 2.24) is 0 Å². The van der Waals surface area contributed by atoms with E-state index in [0.717, 1.165) is 11.2 Å². The SMILES string of the molecule is CC1(C)c2ccccc2-c2c1cc(-c1ccc3oc4ccccc4c3c1)c1ccccc21. The first-order valence-corrected chi connectivity index (χ1v) is 11.2. The molecule has 152 valence electrons. The second-order valence-corrected chi connectivity index (χ2v) is 9.37. The van der Waals surface area contributed by atoms with Gasteiger partial charge < -0.3 is 4.42 Å². The molecule has 32 heavy (non-hydrogen) atoms. The van der Waals surface area contributed by atoms with Crippen LogP contribution in [0.2, 0.25) is 0 Å². The minimum atomic E-state index is -0.0306. The molecule has 0 unspecified atom stereocenters. The second-order valence-electron chi connectivity index (χ2n) is 9.37. The molecule has 0 saturated heterocycles. The maximum Gasteiger partial charge on any atom is 0.135 e. The monoisotopic (exact) mass is 410 g/mol. The van der Waals surface area contributed by atoms with E-state index < -0.39 is 0 Å². The number of rotatable bonds is 1. The minimum Gasteiger partial charge on any atom is -0.456 e. The van der Waals surface area contributed by atoms with Gasteiger partial charge in [-0.15, -0.1) is 0 Å². The molecule has 0 aliphatic heterocycles. The average Bonchev–Trinajstić information content (AvgIpc) is 3.31. The lowest BCUT2D eigenvalue weighted by Gasteiger charge is -2.23. The zero-order chi connectivity index (χ0) is 21.4. The Hall–Kier alpha value is -3.84. The average molecular weight is 411 g/mol. The van der Waals surface area contributed by atoms with Crippen molar-refractivity contribution in [2.75, 3.05) is 0 Å². The van der Waals surface area contributed by atoms with Crippen LogP contribution in [0.1, 0.15) is 25.0 Å². The zero-order valence-corrected chi connectivity index (χ0v) is 18.1. The summed E-state index contributed by atoms with van der Waals surface area (Å²) in [5, 5.41) is 4.97. The van der Waals surface area contributed by atoms with Gasteiger partial charge in [0.15, 0.2) is 0 Å². The summed E-state index contributed by atoms with van der Waals surface area (Å²) < 4.78 is 6.08. The van der Waals surface area contributed by atoms with Gasteiger partial charge in [0.25, 0.3) is 0 Å². The van der Waals surface area contributed by atoms with Crippen LogP contribution in [-0.4, -0.2) is 0 Å². The Balaban J connectivity index is 1.58. The van der Waals surface area contributed by atoms with Gasteiger partial charge in [0.2, 0.25) is 0 Å². The summed E-state index contributed by atoms with van der Waals surface area (Å²) in [6, 6.07) is 35.1. The molecule has 1 heterocycles. The third kappa shape index (κ3) is 2.23. The molecular weight excluding hydrogens is 388 g/mol. The van der Waals surface area contributed by atoms with Crippen molar-refractivity contribution in [3.63, 3.8) is 0 Å². The lowest BCUT2D eigenvalue weighted by atomic mass is 9.80. The molecule has 0 spiro atoms. The van der Waals surface area contributed by atoms with Crippen LogP contribution in [0.15, 0.2) is 101 Å². The van der Waals surface area contributed by atoms with Gasteiger partial charge in [-0.25, -0.2) is 0 Å². The lowest BCUT2D eigenvalue weighted by molar-refractivity contribution is 0.661. The van der Waals surface area contributed by atoms with Crippen LogP contribution in [0.25, 0.3) is 55.0 Å². The summed E-state index contributed by atoms with van der Waals surface area (Å²) >= 11 is 0. The molecule has 5 aromatic carbocycles. The lowest BCUT2D eigenvalue weighted by Crippen LogP contribution is -2.15. The Morgan fingerprint density at radius 1 is 0.531 bits per heavy atom. The minimum absolute atomic E-state index is 0.0306. The largest absolute Gasteiger partial charge is 0.456 e. The van der Waals surface area contributed by atoms with Crippen molar-refractivity contribution < 1.29 is 4.42 Å². The Kier molecular flexibility index (Phi) is 3.40. The molecule has 0 radical (unpaired) electrons. The van der Waals surface area contributed by atoms with E-state index in [9.17, 15) is 0 Å². The summed E-state index contributed by atoms with van der Waals surface area (Å²) in [6.07, 6.45) is 0. The molecule has 1 aliphatic carbocycles. The summed E-state index contributed by atoms with van der Waals surface area (Å²) in [6.45, 7) is 4.70. The predicted octanol–water partition coefficient (Wildman–Crippen LogP) is 8.71. The van der Waals surface area contributed by atoms with Crippen molar-refractivity contribution in [3.05, 3.63) is 108 Å². The summed E-state index contributed by atoms with van der Waals surface area (Å²) in [5.74, 6) is 0. The van der Waals surface area contributed by atoms with Gasteiger partial charge in [0, 0.05) is 16.2 Å². The van der Waals surface area contributed by atoms with Crippen LogP contribution in [0.5, 0.6) is 0 Å². The van der Waals surface area contributed by atoms with Crippen LogP contribution in [0.4, 0.5) is 0 Å². The molecule has 1 nitrogen and oxygen atoms in total. The highest BCUT2D eigenvalue weighted by Crippen LogP contribution is 2.53. The highest BCUT2D eigenvalue weighted by molar-refractivity contribution is 6.11. The quantitative estimate of drug-likeness (QED) is 0.264. The van der Waals surface area contributed by atoms with E-state index in [4.69, 9.17) is 4.42 Å². The van der Waals surface area contributed by atoms with E-state index in [2.05, 4.69) is 98.8 Å². The molecule has 0 fully saturated rings. The molecule has 1 aliphatic rings. The van der Waals surface area contributed by atoms with Gasteiger partial charge in [-0.2, -0.15) is 0 Å². The highest BCUT2D eigenvalue weighted by atomic mass is 16.3. The van der Waals surface area contributed by atoms with E-state index in [1.807, 2.05) is 12.1 Å². The number of para-hydroxylation sites is 1. The summed E-state index contributed by atoms with van der Waals surface area (Å²) in [5.41, 5.74) is 9.94. The van der Waals surface area contributed by atoms with E-state index in [0.29, 0.717) is 0 Å². The Labute approximate surface area is 186 Å². The predicted molar refractivity (Wildman–Crippen MR) is 134 cm³/mol. The zero-order valence-electron chi connectivity index (χ0n) is 18.1. The summed E-state index contributed by atoms with van der Waals surface area (Å²) in [4.78, 5) is 0. The maximum absolute atomic E-state index is 6.08. The fraction of sp³-hybridized carbons (Fsp3) is 0.0968. The van der Waals surface area contributed by atoms with Crippen molar-refractivity contribution in [2.45, 2.75) is 19.3 Å². The van der Waals surface area contributed by atoms with Gasteiger partial charge in [0.05, 0.1) is 0 Å². The maximum atomic E-state index is 6.08. The topological polar surface area (TPSA) is 13.1 Å². The number of benzene rings is 5. The normalized spacial score (nSPS) is 14.2. The van der Waals surface area contributed by atoms with E-state index >= 15 is 0 Å². The van der Waals surface area contributed by atoms with Crippen LogP contribution < -0.4 is 0 Å². The molecule has 0 atom stereocenters. The van der Waals surface area contributed by atoms with E-state index in [1.54, 1.807) is 0 Å². The first kappa shape index (κ1) is 17.8. The fourth-order valence-electron chi connectivity index (χ4n) is 5.68. The first-order valence-electron chi connectivity index (χ1n) is 11.2. The summed E-state index contributed by atoms with van der Waals surface area (Å²) in [7, 11) is 0. The van der Waals surface area contributed by atoms with Gasteiger partial charge in [-0.05, 0) is 68.4 Å². The molecule has 7 rings (SSSR count). The number of furan rings is 1. The van der Waals surface area contributed by atoms with Crippen LogP contribution in [0, 0.1) is 0 Å². The molecule has 0 N–H and O–H groups in total. The number of hydrogen-bond donors (Lipinski definition) is 0. The first-order chi connectivity index (χ1) is 15.6. The fourth-order valence-corrected chi connectivity index (χ4v) is 5.68. The second kappa shape index (κ2) is 6.11. The van der Waals surface area contributed by atoms with Crippen molar-refractivity contribution in [1.29, 1.82) is 0 Å². The number of hydrogen-bond acceptors (Lipinski definition) is 1. The molecule has 6 aromatic rings. The molecular formula is C31H22O. The van der Waals surface area contributed by atoms with Gasteiger partial charge in [-0.3, -0.25) is 0 Å². The van der Waals surface area contributed by atoms with E-state index in [-0.39, 0.29) is 5.41 Å². The van der Waals surface area contributed by atoms with Crippen LogP contribution in [0.3, 0.4) is 0 Å². The molecule has 0 saturated carbocycles. The van der Waals surface area contributed by atoms with Crippen molar-refractivity contribution in [2.24, 2.45) is 0 Å². The van der Waals surface area contributed by atoms with Crippen LogP contribution >= 0.6 is 0 Å². The molecule has 1 heteroatoms. The van der Waals surface area contributed by atoms with Crippen molar-refractivity contribution in [3.8, 4) is 22.3 Å². The highest BCUT2D eigenvalue weighted by Gasteiger charge is 2.36. The number of fused-ring (bicyclic) bond motifs is 8.